The molecule has 0 aliphatic carbocycles. The average Bonchev–Trinajstić information content (AvgIpc) is 2.52. The van der Waals surface area contributed by atoms with Gasteiger partial charge in [0.15, 0.2) is 11.5 Å². The van der Waals surface area contributed by atoms with Gasteiger partial charge in [0.05, 0.1) is 33.5 Å². The second-order valence-electron chi connectivity index (χ2n) is 4.84. The van der Waals surface area contributed by atoms with Crippen LogP contribution >= 0.6 is 0 Å². The second-order valence-corrected chi connectivity index (χ2v) is 4.84. The molecular weight excluding hydrogens is 270 g/mol. The Balaban J connectivity index is 2.41. The highest BCUT2D eigenvalue weighted by Crippen LogP contribution is 2.27. The maximum absolute atomic E-state index is 9.93. The van der Waals surface area contributed by atoms with Crippen molar-refractivity contribution in [1.29, 1.82) is 0 Å². The number of likely N-dealkylation sites (N-methyl/N-ethyl adjacent to an activating group) is 1. The van der Waals surface area contributed by atoms with Crippen molar-refractivity contribution in [2.45, 2.75) is 26.6 Å². The van der Waals surface area contributed by atoms with Crippen molar-refractivity contribution < 1.29 is 19.3 Å². The third-order valence-corrected chi connectivity index (χ3v) is 3.39. The number of nitrogens with zero attached hydrogens (tertiary/aromatic N) is 1. The molecule has 0 saturated heterocycles. The number of methoxy groups -OCH3 is 2. The van der Waals surface area contributed by atoms with Crippen LogP contribution in [0.5, 0.6) is 11.5 Å². The van der Waals surface area contributed by atoms with Crippen LogP contribution in [0.15, 0.2) is 18.2 Å². The lowest BCUT2D eigenvalue weighted by Crippen LogP contribution is -2.34. The van der Waals surface area contributed by atoms with E-state index >= 15 is 0 Å². The largest absolute Gasteiger partial charge is 0.493 e. The molecule has 1 N–H and O–H groups in total. The summed E-state index contributed by atoms with van der Waals surface area (Å²) in [5.74, 6) is 1.38. The second kappa shape index (κ2) is 9.60. The molecule has 5 nitrogen and oxygen atoms in total. The van der Waals surface area contributed by atoms with E-state index < -0.39 is 6.10 Å². The number of aliphatic hydroxyl groups is 1. The van der Waals surface area contributed by atoms with E-state index in [0.717, 1.165) is 18.7 Å². The minimum atomic E-state index is -0.468. The molecule has 0 radical (unpaired) electrons. The van der Waals surface area contributed by atoms with Gasteiger partial charge in [-0.2, -0.15) is 0 Å². The SMILES string of the molecule is CCN(CC)CC(O)COCc1ccc(OC)c(OC)c1. The minimum absolute atomic E-state index is 0.324. The smallest absolute Gasteiger partial charge is 0.161 e. The van der Waals surface area contributed by atoms with Gasteiger partial charge in [0.25, 0.3) is 0 Å². The first-order valence-electron chi connectivity index (χ1n) is 7.33. The summed E-state index contributed by atoms with van der Waals surface area (Å²) in [7, 11) is 3.22. The molecule has 0 aliphatic heterocycles. The van der Waals surface area contributed by atoms with Crippen molar-refractivity contribution in [2.75, 3.05) is 40.5 Å². The molecule has 1 unspecified atom stereocenters. The van der Waals surface area contributed by atoms with Crippen molar-refractivity contribution in [3.8, 4) is 11.5 Å². The van der Waals surface area contributed by atoms with E-state index in [4.69, 9.17) is 14.2 Å². The van der Waals surface area contributed by atoms with Crippen molar-refractivity contribution in [3.63, 3.8) is 0 Å². The molecule has 0 fully saturated rings. The molecule has 21 heavy (non-hydrogen) atoms. The van der Waals surface area contributed by atoms with Crippen LogP contribution < -0.4 is 9.47 Å². The Morgan fingerprint density at radius 2 is 1.76 bits per heavy atom. The Morgan fingerprint density at radius 3 is 2.33 bits per heavy atom. The minimum Gasteiger partial charge on any atom is -0.493 e. The molecule has 0 aliphatic rings. The fraction of sp³-hybridized carbons (Fsp3) is 0.625. The van der Waals surface area contributed by atoms with E-state index in [1.165, 1.54) is 0 Å². The van der Waals surface area contributed by atoms with E-state index in [0.29, 0.717) is 31.3 Å². The normalized spacial score (nSPS) is 12.5. The standard InChI is InChI=1S/C16H27NO4/c1-5-17(6-2)10-14(18)12-21-11-13-7-8-15(19-3)16(9-13)20-4/h7-9,14,18H,5-6,10-12H2,1-4H3. The Bertz CT molecular complexity index is 407. The van der Waals surface area contributed by atoms with Crippen LogP contribution in [-0.2, 0) is 11.3 Å². The zero-order chi connectivity index (χ0) is 15.7. The fourth-order valence-electron chi connectivity index (χ4n) is 2.12. The quantitative estimate of drug-likeness (QED) is 0.715. The number of rotatable bonds is 10. The van der Waals surface area contributed by atoms with Crippen molar-refractivity contribution >= 4 is 0 Å². The molecule has 120 valence electrons. The number of benzene rings is 1. The van der Waals surface area contributed by atoms with Gasteiger partial charge in [-0.15, -0.1) is 0 Å². The Hall–Kier alpha value is -1.30. The lowest BCUT2D eigenvalue weighted by Gasteiger charge is -2.21. The van der Waals surface area contributed by atoms with Crippen molar-refractivity contribution in [3.05, 3.63) is 23.8 Å². The van der Waals surface area contributed by atoms with Gasteiger partial charge in [0.2, 0.25) is 0 Å². The zero-order valence-electron chi connectivity index (χ0n) is 13.5. The van der Waals surface area contributed by atoms with E-state index in [2.05, 4.69) is 18.7 Å². The van der Waals surface area contributed by atoms with Crippen LogP contribution in [0.4, 0.5) is 0 Å². The van der Waals surface area contributed by atoms with Crippen LogP contribution in [0.2, 0.25) is 0 Å². The van der Waals surface area contributed by atoms with E-state index in [1.54, 1.807) is 14.2 Å². The number of aliphatic hydroxyl groups excluding tert-OH is 1. The summed E-state index contributed by atoms with van der Waals surface area (Å²) in [6.07, 6.45) is -0.468. The van der Waals surface area contributed by atoms with Crippen LogP contribution in [-0.4, -0.2) is 56.6 Å². The predicted octanol–water partition coefficient (Wildman–Crippen LogP) is 1.92. The van der Waals surface area contributed by atoms with Gasteiger partial charge >= 0.3 is 0 Å². The van der Waals surface area contributed by atoms with Crippen molar-refractivity contribution in [2.24, 2.45) is 0 Å². The van der Waals surface area contributed by atoms with Crippen LogP contribution in [0.1, 0.15) is 19.4 Å². The summed E-state index contributed by atoms with van der Waals surface area (Å²) >= 11 is 0. The Kier molecular flexibility index (Phi) is 8.12. The van der Waals surface area contributed by atoms with Crippen LogP contribution in [0, 0.1) is 0 Å². The number of hydrogen-bond donors (Lipinski definition) is 1. The first kappa shape index (κ1) is 17.8. The summed E-state index contributed by atoms with van der Waals surface area (Å²) < 4.78 is 16.0. The summed E-state index contributed by atoms with van der Waals surface area (Å²) in [5, 5.41) is 9.93. The molecule has 1 aromatic carbocycles. The summed E-state index contributed by atoms with van der Waals surface area (Å²) in [6, 6.07) is 5.66. The van der Waals surface area contributed by atoms with Gasteiger partial charge in [-0.3, -0.25) is 0 Å². The molecule has 0 saturated carbocycles. The molecule has 1 aromatic rings. The lowest BCUT2D eigenvalue weighted by atomic mass is 10.2. The summed E-state index contributed by atoms with van der Waals surface area (Å²) in [4.78, 5) is 2.17. The summed E-state index contributed by atoms with van der Waals surface area (Å²) in [5.41, 5.74) is 0.989. The molecule has 0 bridgehead atoms. The number of ether oxygens (including phenoxy) is 3. The molecule has 5 heteroatoms. The number of hydrogen-bond acceptors (Lipinski definition) is 5. The fourth-order valence-corrected chi connectivity index (χ4v) is 2.12. The molecule has 1 atom stereocenters. The van der Waals surface area contributed by atoms with Gasteiger partial charge < -0.3 is 24.2 Å². The van der Waals surface area contributed by atoms with Crippen molar-refractivity contribution in [1.82, 2.24) is 4.90 Å². The highest BCUT2D eigenvalue weighted by atomic mass is 16.5. The highest BCUT2D eigenvalue weighted by Gasteiger charge is 2.10. The third kappa shape index (κ3) is 5.91. The molecule has 0 amide bonds. The summed E-state index contributed by atoms with van der Waals surface area (Å²) in [6.45, 7) is 7.44. The first-order valence-corrected chi connectivity index (χ1v) is 7.33. The van der Waals surface area contributed by atoms with Gasteiger partial charge in [0.1, 0.15) is 0 Å². The predicted molar refractivity (Wildman–Crippen MR) is 83.0 cm³/mol. The van der Waals surface area contributed by atoms with Gasteiger partial charge in [0, 0.05) is 6.54 Å². The Morgan fingerprint density at radius 1 is 1.10 bits per heavy atom. The molecule has 0 heterocycles. The average molecular weight is 297 g/mol. The maximum atomic E-state index is 9.93. The maximum Gasteiger partial charge on any atom is 0.161 e. The van der Waals surface area contributed by atoms with E-state index in [9.17, 15) is 5.11 Å². The van der Waals surface area contributed by atoms with Crippen LogP contribution in [0.3, 0.4) is 0 Å². The first-order chi connectivity index (χ1) is 10.1. The molecule has 0 spiro atoms. The van der Waals surface area contributed by atoms with Gasteiger partial charge in [-0.05, 0) is 30.8 Å². The lowest BCUT2D eigenvalue weighted by molar-refractivity contribution is 0.0114. The van der Waals surface area contributed by atoms with Gasteiger partial charge in [-0.1, -0.05) is 19.9 Å². The topological polar surface area (TPSA) is 51.2 Å². The highest BCUT2D eigenvalue weighted by molar-refractivity contribution is 5.42. The molecule has 0 aromatic heterocycles. The zero-order valence-corrected chi connectivity index (χ0v) is 13.5. The molecule has 1 rings (SSSR count). The van der Waals surface area contributed by atoms with Gasteiger partial charge in [-0.25, -0.2) is 0 Å². The van der Waals surface area contributed by atoms with E-state index in [1.807, 2.05) is 18.2 Å². The Labute approximate surface area is 127 Å². The molecular formula is C16H27NO4. The third-order valence-electron chi connectivity index (χ3n) is 3.39. The monoisotopic (exact) mass is 297 g/mol. The van der Waals surface area contributed by atoms with Crippen LogP contribution in [0.25, 0.3) is 0 Å². The van der Waals surface area contributed by atoms with E-state index in [-0.39, 0.29) is 0 Å².